The average Bonchev–Trinajstić information content (AvgIpc) is 2.47. The summed E-state index contributed by atoms with van der Waals surface area (Å²) in [5.74, 6) is 0.726. The summed E-state index contributed by atoms with van der Waals surface area (Å²) in [7, 11) is 0. The molecule has 0 fully saturated rings. The quantitative estimate of drug-likeness (QED) is 0.747. The fourth-order valence-corrected chi connectivity index (χ4v) is 1.31. The van der Waals surface area contributed by atoms with Gasteiger partial charge in [0, 0.05) is 24.1 Å². The molecule has 1 N–H and O–H groups in total. The number of anilines is 1. The lowest BCUT2D eigenvalue weighted by Gasteiger charge is -2.21. The number of aromatic nitrogens is 3. The topological polar surface area (TPSA) is 42.2 Å². The van der Waals surface area contributed by atoms with Crippen molar-refractivity contribution < 1.29 is 0 Å². The molecule has 0 spiro atoms. The standard InChI is InChI=1S/C10H14N4/c1-10(2,3)13-8-6-12-9-11-4-5-14(9)7-8/h4-7,13H,1-3H3. The van der Waals surface area contributed by atoms with E-state index in [1.54, 1.807) is 12.4 Å². The Hall–Kier alpha value is -1.58. The third-order valence-corrected chi connectivity index (χ3v) is 1.76. The van der Waals surface area contributed by atoms with Gasteiger partial charge in [0.1, 0.15) is 0 Å². The minimum Gasteiger partial charge on any atom is -0.378 e. The van der Waals surface area contributed by atoms with E-state index in [9.17, 15) is 0 Å². The smallest absolute Gasteiger partial charge is 0.233 e. The Morgan fingerprint density at radius 1 is 1.29 bits per heavy atom. The molecular formula is C10H14N4. The number of rotatable bonds is 1. The molecule has 0 saturated carbocycles. The predicted octanol–water partition coefficient (Wildman–Crippen LogP) is 1.94. The van der Waals surface area contributed by atoms with Crippen LogP contribution in [0.2, 0.25) is 0 Å². The van der Waals surface area contributed by atoms with Crippen LogP contribution in [0.5, 0.6) is 0 Å². The Bertz CT molecular complexity index is 439. The van der Waals surface area contributed by atoms with Gasteiger partial charge in [0.25, 0.3) is 0 Å². The van der Waals surface area contributed by atoms with Crippen molar-refractivity contribution in [1.82, 2.24) is 14.4 Å². The second-order valence-electron chi connectivity index (χ2n) is 4.35. The predicted molar refractivity (Wildman–Crippen MR) is 56.4 cm³/mol. The van der Waals surface area contributed by atoms with Gasteiger partial charge in [-0.05, 0) is 20.8 Å². The summed E-state index contributed by atoms with van der Waals surface area (Å²) < 4.78 is 1.90. The van der Waals surface area contributed by atoms with Crippen LogP contribution < -0.4 is 5.32 Å². The van der Waals surface area contributed by atoms with Crippen LogP contribution in [0.25, 0.3) is 5.78 Å². The monoisotopic (exact) mass is 190 g/mol. The van der Waals surface area contributed by atoms with Crippen LogP contribution in [0, 0.1) is 0 Å². The van der Waals surface area contributed by atoms with Crippen LogP contribution in [0.3, 0.4) is 0 Å². The average molecular weight is 190 g/mol. The van der Waals surface area contributed by atoms with Gasteiger partial charge in [-0.25, -0.2) is 9.97 Å². The highest BCUT2D eigenvalue weighted by molar-refractivity contribution is 5.44. The summed E-state index contributed by atoms with van der Waals surface area (Å²) in [4.78, 5) is 8.30. The Labute approximate surface area is 83.0 Å². The van der Waals surface area contributed by atoms with E-state index in [-0.39, 0.29) is 5.54 Å². The fraction of sp³-hybridized carbons (Fsp3) is 0.400. The van der Waals surface area contributed by atoms with E-state index in [0.717, 1.165) is 11.5 Å². The lowest BCUT2D eigenvalue weighted by molar-refractivity contribution is 0.633. The van der Waals surface area contributed by atoms with Crippen molar-refractivity contribution in [2.24, 2.45) is 0 Å². The zero-order valence-corrected chi connectivity index (χ0v) is 8.65. The maximum absolute atomic E-state index is 4.21. The molecule has 4 heteroatoms. The first-order valence-electron chi connectivity index (χ1n) is 4.61. The Morgan fingerprint density at radius 3 is 2.79 bits per heavy atom. The summed E-state index contributed by atoms with van der Waals surface area (Å²) in [6, 6.07) is 0. The van der Waals surface area contributed by atoms with Gasteiger partial charge < -0.3 is 5.32 Å². The molecule has 0 amide bonds. The molecule has 4 nitrogen and oxygen atoms in total. The van der Waals surface area contributed by atoms with Gasteiger partial charge in [-0.3, -0.25) is 4.40 Å². The van der Waals surface area contributed by atoms with E-state index in [1.165, 1.54) is 0 Å². The molecule has 0 aliphatic heterocycles. The maximum Gasteiger partial charge on any atom is 0.233 e. The lowest BCUT2D eigenvalue weighted by Crippen LogP contribution is -2.26. The SMILES string of the molecule is CC(C)(C)Nc1cnc2nccn2c1. The lowest BCUT2D eigenvalue weighted by atomic mass is 10.1. The number of hydrogen-bond acceptors (Lipinski definition) is 3. The molecule has 0 aliphatic carbocycles. The van der Waals surface area contributed by atoms with Crippen LogP contribution >= 0.6 is 0 Å². The normalized spacial score (nSPS) is 11.9. The van der Waals surface area contributed by atoms with Crippen molar-refractivity contribution in [2.75, 3.05) is 5.32 Å². The molecule has 2 heterocycles. The minimum absolute atomic E-state index is 0.0515. The Kier molecular flexibility index (Phi) is 1.91. The maximum atomic E-state index is 4.21. The highest BCUT2D eigenvalue weighted by Crippen LogP contribution is 2.13. The van der Waals surface area contributed by atoms with Gasteiger partial charge in [-0.1, -0.05) is 0 Å². The summed E-state index contributed by atoms with van der Waals surface area (Å²) in [6.45, 7) is 6.35. The first-order chi connectivity index (χ1) is 6.54. The van der Waals surface area contributed by atoms with Crippen LogP contribution in [0.15, 0.2) is 24.8 Å². The Morgan fingerprint density at radius 2 is 2.07 bits per heavy atom. The zero-order valence-electron chi connectivity index (χ0n) is 8.65. The highest BCUT2D eigenvalue weighted by Gasteiger charge is 2.09. The van der Waals surface area contributed by atoms with Crippen molar-refractivity contribution in [3.63, 3.8) is 0 Å². The third kappa shape index (κ3) is 1.84. The van der Waals surface area contributed by atoms with Crippen molar-refractivity contribution in [3.05, 3.63) is 24.8 Å². The Balaban J connectivity index is 2.35. The van der Waals surface area contributed by atoms with Gasteiger partial charge in [0.2, 0.25) is 5.78 Å². The number of nitrogens with zero attached hydrogens (tertiary/aromatic N) is 3. The number of imidazole rings is 1. The van der Waals surface area contributed by atoms with Crippen molar-refractivity contribution >= 4 is 11.5 Å². The van der Waals surface area contributed by atoms with E-state index >= 15 is 0 Å². The molecule has 2 aromatic rings. The number of fused-ring (bicyclic) bond motifs is 1. The van der Waals surface area contributed by atoms with Crippen LogP contribution in [-0.2, 0) is 0 Å². The molecular weight excluding hydrogens is 176 g/mol. The van der Waals surface area contributed by atoms with Crippen LogP contribution in [0.4, 0.5) is 5.69 Å². The molecule has 0 radical (unpaired) electrons. The summed E-state index contributed by atoms with van der Waals surface area (Å²) >= 11 is 0. The molecule has 14 heavy (non-hydrogen) atoms. The molecule has 0 bridgehead atoms. The third-order valence-electron chi connectivity index (χ3n) is 1.76. The minimum atomic E-state index is 0.0515. The van der Waals surface area contributed by atoms with Gasteiger partial charge >= 0.3 is 0 Å². The first-order valence-corrected chi connectivity index (χ1v) is 4.61. The van der Waals surface area contributed by atoms with E-state index in [4.69, 9.17) is 0 Å². The number of nitrogens with one attached hydrogen (secondary N) is 1. The summed E-state index contributed by atoms with van der Waals surface area (Å²) in [6.07, 6.45) is 7.41. The van der Waals surface area contributed by atoms with E-state index in [2.05, 4.69) is 36.1 Å². The van der Waals surface area contributed by atoms with Gasteiger partial charge in [0.05, 0.1) is 11.9 Å². The van der Waals surface area contributed by atoms with Gasteiger partial charge in [-0.2, -0.15) is 0 Å². The molecule has 0 saturated heterocycles. The van der Waals surface area contributed by atoms with Crippen molar-refractivity contribution in [1.29, 1.82) is 0 Å². The number of hydrogen-bond donors (Lipinski definition) is 1. The van der Waals surface area contributed by atoms with E-state index in [1.807, 2.05) is 16.8 Å². The highest BCUT2D eigenvalue weighted by atomic mass is 15.1. The van der Waals surface area contributed by atoms with Gasteiger partial charge in [-0.15, -0.1) is 0 Å². The summed E-state index contributed by atoms with van der Waals surface area (Å²) in [5.41, 5.74) is 1.05. The van der Waals surface area contributed by atoms with Crippen LogP contribution in [0.1, 0.15) is 20.8 Å². The molecule has 2 rings (SSSR count). The molecule has 0 unspecified atom stereocenters. The van der Waals surface area contributed by atoms with Crippen molar-refractivity contribution in [2.45, 2.75) is 26.3 Å². The molecule has 2 aromatic heterocycles. The van der Waals surface area contributed by atoms with Crippen molar-refractivity contribution in [3.8, 4) is 0 Å². The van der Waals surface area contributed by atoms with Crippen LogP contribution in [-0.4, -0.2) is 19.9 Å². The largest absolute Gasteiger partial charge is 0.378 e. The molecule has 0 atom stereocenters. The van der Waals surface area contributed by atoms with E-state index < -0.39 is 0 Å². The second-order valence-corrected chi connectivity index (χ2v) is 4.35. The van der Waals surface area contributed by atoms with E-state index in [0.29, 0.717) is 0 Å². The zero-order chi connectivity index (χ0) is 10.2. The second kappa shape index (κ2) is 2.97. The summed E-state index contributed by atoms with van der Waals surface area (Å²) in [5, 5.41) is 3.35. The first kappa shape index (κ1) is 8.99. The van der Waals surface area contributed by atoms with Gasteiger partial charge in [0.15, 0.2) is 0 Å². The fourth-order valence-electron chi connectivity index (χ4n) is 1.31. The molecule has 0 aliphatic rings. The molecule has 0 aromatic carbocycles. The molecule has 74 valence electrons.